The summed E-state index contributed by atoms with van der Waals surface area (Å²) in [7, 11) is 0. The molecule has 260 valence electrons. The van der Waals surface area contributed by atoms with E-state index in [-0.39, 0.29) is 12.5 Å². The van der Waals surface area contributed by atoms with Gasteiger partial charge in [-0.3, -0.25) is 4.79 Å². The van der Waals surface area contributed by atoms with Crippen molar-refractivity contribution >= 4 is 12.1 Å². The summed E-state index contributed by atoms with van der Waals surface area (Å²) >= 11 is 0. The third kappa shape index (κ3) is 15.6. The van der Waals surface area contributed by atoms with Crippen molar-refractivity contribution in [1.29, 1.82) is 0 Å². The molecule has 1 aliphatic rings. The first-order chi connectivity index (χ1) is 20.8. The fraction of sp³-hybridized carbons (Fsp3) is 0.938. The van der Waals surface area contributed by atoms with Crippen molar-refractivity contribution in [2.24, 2.45) is 11.3 Å². The lowest BCUT2D eigenvalue weighted by atomic mass is 9.92. The van der Waals surface area contributed by atoms with Crippen LogP contribution < -0.4 is 5.32 Å². The van der Waals surface area contributed by atoms with Gasteiger partial charge in [-0.15, -0.1) is 0 Å². The van der Waals surface area contributed by atoms with Gasteiger partial charge in [-0.2, -0.15) is 0 Å². The van der Waals surface area contributed by atoms with Crippen molar-refractivity contribution < 1.29 is 54.1 Å². The third-order valence-corrected chi connectivity index (χ3v) is 8.09. The second-order valence-corrected chi connectivity index (χ2v) is 13.2. The molecule has 1 saturated heterocycles. The normalized spacial score (nSPS) is 24.4. The molecule has 6 N–H and O–H groups in total. The van der Waals surface area contributed by atoms with Crippen LogP contribution in [0.25, 0.3) is 0 Å². The van der Waals surface area contributed by atoms with Gasteiger partial charge in [0.1, 0.15) is 24.4 Å². The molecule has 0 aliphatic carbocycles. The highest BCUT2D eigenvalue weighted by Gasteiger charge is 2.44. The minimum Gasteiger partial charge on any atom is -0.427 e. The van der Waals surface area contributed by atoms with Gasteiger partial charge in [0.2, 0.25) is 6.79 Å². The van der Waals surface area contributed by atoms with Crippen LogP contribution in [0, 0.1) is 11.3 Å². The van der Waals surface area contributed by atoms with E-state index in [1.54, 1.807) is 20.8 Å². The fourth-order valence-electron chi connectivity index (χ4n) is 5.05. The number of ether oxygens (including phenoxy) is 4. The molecule has 0 spiro atoms. The summed E-state index contributed by atoms with van der Waals surface area (Å²) in [5.74, 6) is -0.788. The van der Waals surface area contributed by atoms with E-state index in [1.165, 1.54) is 57.8 Å². The summed E-state index contributed by atoms with van der Waals surface area (Å²) < 4.78 is 20.9. The minimum atomic E-state index is -1.63. The quantitative estimate of drug-likeness (QED) is 0.0581. The van der Waals surface area contributed by atoms with E-state index in [4.69, 9.17) is 18.9 Å². The summed E-state index contributed by atoms with van der Waals surface area (Å²) in [6.07, 6.45) is 5.93. The largest absolute Gasteiger partial charge is 0.427 e. The average molecular weight is 636 g/mol. The second-order valence-electron chi connectivity index (χ2n) is 13.2. The second kappa shape index (κ2) is 22.1. The van der Waals surface area contributed by atoms with Crippen LogP contribution in [0.3, 0.4) is 0 Å². The SMILES string of the molecule is CCCCCCCCCCCCCC[C@@H](C)[C@@H](O)C(CO[C@H]1OC(CO)[C@H](O)[C@H](O)C1O)NC(=O)OCOC(=O)C(C)(C)C. The number of nitrogens with one attached hydrogen (secondary N) is 1. The predicted octanol–water partition coefficient (Wildman–Crippen LogP) is 3.53. The first-order valence-electron chi connectivity index (χ1n) is 16.5. The molecule has 0 aromatic carbocycles. The zero-order valence-electron chi connectivity index (χ0n) is 27.6. The van der Waals surface area contributed by atoms with Crippen LogP contribution in [0.2, 0.25) is 0 Å². The Morgan fingerprint density at radius 1 is 0.841 bits per heavy atom. The van der Waals surface area contributed by atoms with Crippen LogP contribution in [0.5, 0.6) is 0 Å². The Hall–Kier alpha value is -1.54. The van der Waals surface area contributed by atoms with E-state index in [0.717, 1.165) is 19.3 Å². The van der Waals surface area contributed by atoms with Crippen LogP contribution in [0.1, 0.15) is 118 Å². The molecule has 0 aromatic rings. The number of carbonyl (C=O) groups is 2. The predicted molar refractivity (Wildman–Crippen MR) is 164 cm³/mol. The van der Waals surface area contributed by atoms with Crippen molar-refractivity contribution in [1.82, 2.24) is 5.32 Å². The summed E-state index contributed by atoms with van der Waals surface area (Å²) in [6, 6.07) is -1.01. The fourth-order valence-corrected chi connectivity index (χ4v) is 5.05. The Balaban J connectivity index is 2.60. The summed E-state index contributed by atoms with van der Waals surface area (Å²) in [6.45, 7) is 7.50. The lowest BCUT2D eigenvalue weighted by molar-refractivity contribution is -0.303. The molecule has 1 aliphatic heterocycles. The highest BCUT2D eigenvalue weighted by molar-refractivity contribution is 5.75. The molecule has 1 amide bonds. The third-order valence-electron chi connectivity index (χ3n) is 8.09. The zero-order chi connectivity index (χ0) is 33.1. The van der Waals surface area contributed by atoms with Gasteiger partial charge < -0.3 is 49.8 Å². The Morgan fingerprint density at radius 2 is 1.39 bits per heavy atom. The molecule has 12 heteroatoms. The molecule has 1 heterocycles. The first-order valence-corrected chi connectivity index (χ1v) is 16.5. The molecule has 44 heavy (non-hydrogen) atoms. The Bertz CT molecular complexity index is 776. The molecular weight excluding hydrogens is 574 g/mol. The Morgan fingerprint density at radius 3 is 1.91 bits per heavy atom. The average Bonchev–Trinajstić information content (AvgIpc) is 2.98. The van der Waals surface area contributed by atoms with Gasteiger partial charge in [-0.05, 0) is 33.1 Å². The van der Waals surface area contributed by atoms with Crippen molar-refractivity contribution in [3.05, 3.63) is 0 Å². The molecule has 1 rings (SSSR count). The molecule has 8 atom stereocenters. The highest BCUT2D eigenvalue weighted by atomic mass is 16.7. The lowest BCUT2D eigenvalue weighted by Gasteiger charge is -2.40. The maximum atomic E-state index is 12.5. The number of aliphatic hydroxyl groups is 5. The molecule has 1 fully saturated rings. The Kier molecular flexibility index (Phi) is 20.3. The lowest BCUT2D eigenvalue weighted by Crippen LogP contribution is -2.60. The van der Waals surface area contributed by atoms with E-state index in [0.29, 0.717) is 6.42 Å². The van der Waals surface area contributed by atoms with E-state index in [9.17, 15) is 35.1 Å². The van der Waals surface area contributed by atoms with Crippen molar-refractivity contribution in [2.75, 3.05) is 20.0 Å². The maximum absolute atomic E-state index is 12.5. The molecule has 0 bridgehead atoms. The van der Waals surface area contributed by atoms with E-state index >= 15 is 0 Å². The minimum absolute atomic E-state index is 0.236. The van der Waals surface area contributed by atoms with Gasteiger partial charge in [0.15, 0.2) is 6.29 Å². The van der Waals surface area contributed by atoms with Gasteiger partial charge in [-0.25, -0.2) is 4.79 Å². The van der Waals surface area contributed by atoms with E-state index < -0.39 is 73.7 Å². The number of hydrogen-bond donors (Lipinski definition) is 6. The van der Waals surface area contributed by atoms with Crippen LogP contribution in [0.15, 0.2) is 0 Å². The standard InChI is InChI=1S/C32H61NO11/c1-6-7-8-9-10-11-12-13-14-15-16-17-18-22(2)25(35)23(33-31(40)43-21-42-30(39)32(3,4)5)20-41-29-28(38)27(37)26(36)24(19-34)44-29/h22-29,34-38H,6-21H2,1-5H3,(H,33,40)/t22-,23?,24?,25-,26+,27+,28?,29+/m1/s1. The monoisotopic (exact) mass is 635 g/mol. The molecule has 0 radical (unpaired) electrons. The van der Waals surface area contributed by atoms with Crippen LogP contribution >= 0.6 is 0 Å². The number of esters is 1. The number of unbranched alkanes of at least 4 members (excludes halogenated alkanes) is 11. The number of aliphatic hydroxyl groups excluding tert-OH is 5. The van der Waals surface area contributed by atoms with Crippen LogP contribution in [-0.4, -0.2) is 100 Å². The smallest absolute Gasteiger partial charge is 0.410 e. The topological polar surface area (TPSA) is 184 Å². The first kappa shape index (κ1) is 40.5. The highest BCUT2D eigenvalue weighted by Crippen LogP contribution is 2.24. The molecular formula is C32H61NO11. The Labute approximate surface area is 263 Å². The van der Waals surface area contributed by atoms with Crippen molar-refractivity contribution in [2.45, 2.75) is 161 Å². The van der Waals surface area contributed by atoms with E-state index in [2.05, 4.69) is 12.2 Å². The van der Waals surface area contributed by atoms with Crippen LogP contribution in [-0.2, 0) is 23.7 Å². The molecule has 0 aromatic heterocycles. The molecule has 0 saturated carbocycles. The number of hydrogen-bond acceptors (Lipinski definition) is 11. The number of alkyl carbamates (subject to hydrolysis) is 1. The molecule has 3 unspecified atom stereocenters. The number of amides is 1. The van der Waals surface area contributed by atoms with Crippen molar-refractivity contribution in [3.8, 4) is 0 Å². The van der Waals surface area contributed by atoms with Gasteiger partial charge in [0, 0.05) is 0 Å². The van der Waals surface area contributed by atoms with Gasteiger partial charge >= 0.3 is 12.1 Å². The maximum Gasteiger partial charge on any atom is 0.410 e. The number of carbonyl (C=O) groups excluding carboxylic acids is 2. The zero-order valence-corrected chi connectivity index (χ0v) is 27.6. The summed E-state index contributed by atoms with van der Waals surface area (Å²) in [4.78, 5) is 24.5. The van der Waals surface area contributed by atoms with Crippen LogP contribution in [0.4, 0.5) is 4.79 Å². The summed E-state index contributed by atoms with van der Waals surface area (Å²) in [5.41, 5.74) is -0.777. The summed E-state index contributed by atoms with van der Waals surface area (Å²) in [5, 5.41) is 53.5. The molecule has 12 nitrogen and oxygen atoms in total. The van der Waals surface area contributed by atoms with Gasteiger partial charge in [0.25, 0.3) is 0 Å². The van der Waals surface area contributed by atoms with E-state index in [1.807, 2.05) is 6.92 Å². The van der Waals surface area contributed by atoms with Gasteiger partial charge in [-0.1, -0.05) is 90.9 Å². The van der Waals surface area contributed by atoms with Crippen molar-refractivity contribution in [3.63, 3.8) is 0 Å². The van der Waals surface area contributed by atoms with Gasteiger partial charge in [0.05, 0.1) is 30.8 Å². The number of rotatable bonds is 22.